The average molecular weight is 278 g/mol. The first-order valence-electron chi connectivity index (χ1n) is 7.35. The largest absolute Gasteiger partial charge is 0.481 e. The van der Waals surface area contributed by atoms with Crippen LogP contribution in [0.4, 0.5) is 0 Å². The summed E-state index contributed by atoms with van der Waals surface area (Å²) in [5.41, 5.74) is 7.12. The van der Waals surface area contributed by atoms with Crippen LogP contribution in [0, 0.1) is 0 Å². The van der Waals surface area contributed by atoms with Crippen molar-refractivity contribution in [3.8, 4) is 5.75 Å². The highest BCUT2D eigenvalue weighted by molar-refractivity contribution is 5.80. The molecule has 2 atom stereocenters. The van der Waals surface area contributed by atoms with E-state index in [-0.39, 0.29) is 11.9 Å². The van der Waals surface area contributed by atoms with E-state index in [9.17, 15) is 4.79 Å². The van der Waals surface area contributed by atoms with Gasteiger partial charge in [-0.1, -0.05) is 26.0 Å². The van der Waals surface area contributed by atoms with Gasteiger partial charge in [0.2, 0.25) is 0 Å². The summed E-state index contributed by atoms with van der Waals surface area (Å²) in [5.74, 6) is 0.627. The lowest BCUT2D eigenvalue weighted by Gasteiger charge is -2.15. The van der Waals surface area contributed by atoms with Gasteiger partial charge in [-0.15, -0.1) is 0 Å². The van der Waals surface area contributed by atoms with Gasteiger partial charge in [0.15, 0.2) is 6.10 Å². The molecule has 0 spiro atoms. The Bertz CT molecular complexity index is 403. The molecule has 4 heteroatoms. The van der Waals surface area contributed by atoms with E-state index < -0.39 is 6.10 Å². The number of benzene rings is 1. The molecule has 1 rings (SSSR count). The maximum atomic E-state index is 11.7. The molecule has 0 aromatic heterocycles. The number of rotatable bonds is 8. The third-order valence-corrected chi connectivity index (χ3v) is 3.18. The van der Waals surface area contributed by atoms with Gasteiger partial charge in [0.25, 0.3) is 5.91 Å². The molecule has 0 fully saturated rings. The predicted octanol–water partition coefficient (Wildman–Crippen LogP) is 2.26. The topological polar surface area (TPSA) is 64.3 Å². The van der Waals surface area contributed by atoms with Gasteiger partial charge < -0.3 is 15.8 Å². The minimum atomic E-state index is -0.481. The number of ether oxygens (including phenoxy) is 1. The number of hydrogen-bond donors (Lipinski definition) is 2. The highest BCUT2D eigenvalue weighted by atomic mass is 16.5. The molecule has 0 bridgehead atoms. The Morgan fingerprint density at radius 1 is 1.30 bits per heavy atom. The SMILES string of the molecule is CCCNC(=O)C(C)Oc1ccc(CC(N)CC)cc1. The maximum absolute atomic E-state index is 11.7. The third kappa shape index (κ3) is 5.61. The highest BCUT2D eigenvalue weighted by Crippen LogP contribution is 2.15. The summed E-state index contributed by atoms with van der Waals surface area (Å²) >= 11 is 0. The second kappa shape index (κ2) is 8.59. The van der Waals surface area contributed by atoms with Crippen LogP contribution in [0.5, 0.6) is 5.75 Å². The van der Waals surface area contributed by atoms with Gasteiger partial charge in [0.1, 0.15) is 5.75 Å². The van der Waals surface area contributed by atoms with Gasteiger partial charge in [0.05, 0.1) is 0 Å². The molecule has 0 saturated heterocycles. The summed E-state index contributed by atoms with van der Waals surface area (Å²) in [4.78, 5) is 11.7. The molecule has 0 aliphatic heterocycles. The van der Waals surface area contributed by atoms with Gasteiger partial charge in [-0.2, -0.15) is 0 Å². The smallest absolute Gasteiger partial charge is 0.260 e. The first-order chi connectivity index (χ1) is 9.56. The fourth-order valence-corrected chi connectivity index (χ4v) is 1.80. The first kappa shape index (κ1) is 16.5. The van der Waals surface area contributed by atoms with Gasteiger partial charge in [0, 0.05) is 12.6 Å². The van der Waals surface area contributed by atoms with Crippen molar-refractivity contribution in [2.45, 2.75) is 52.2 Å². The van der Waals surface area contributed by atoms with Crippen LogP contribution in [-0.4, -0.2) is 24.6 Å². The van der Waals surface area contributed by atoms with Crippen LogP contribution in [-0.2, 0) is 11.2 Å². The van der Waals surface area contributed by atoms with Gasteiger partial charge >= 0.3 is 0 Å². The van der Waals surface area contributed by atoms with Crippen molar-refractivity contribution in [2.75, 3.05) is 6.54 Å². The van der Waals surface area contributed by atoms with Crippen LogP contribution in [0.25, 0.3) is 0 Å². The van der Waals surface area contributed by atoms with Crippen molar-refractivity contribution in [1.29, 1.82) is 0 Å². The van der Waals surface area contributed by atoms with E-state index in [1.165, 1.54) is 5.56 Å². The van der Waals surface area contributed by atoms with Crippen LogP contribution < -0.4 is 15.8 Å². The molecule has 0 radical (unpaired) electrons. The van der Waals surface area contributed by atoms with Crippen LogP contribution in [0.15, 0.2) is 24.3 Å². The second-order valence-electron chi connectivity index (χ2n) is 5.07. The van der Waals surface area contributed by atoms with Crippen LogP contribution in [0.2, 0.25) is 0 Å². The van der Waals surface area contributed by atoms with Crippen LogP contribution in [0.1, 0.15) is 39.2 Å². The number of carbonyl (C=O) groups is 1. The minimum absolute atomic E-state index is 0.0797. The van der Waals surface area contributed by atoms with E-state index in [0.717, 1.165) is 19.3 Å². The van der Waals surface area contributed by atoms with Gasteiger partial charge in [-0.3, -0.25) is 4.79 Å². The minimum Gasteiger partial charge on any atom is -0.481 e. The summed E-state index contributed by atoms with van der Waals surface area (Å²) in [5, 5.41) is 2.82. The highest BCUT2D eigenvalue weighted by Gasteiger charge is 2.13. The fraction of sp³-hybridized carbons (Fsp3) is 0.562. The number of nitrogens with two attached hydrogens (primary N) is 1. The maximum Gasteiger partial charge on any atom is 0.260 e. The molecule has 20 heavy (non-hydrogen) atoms. The number of amides is 1. The van der Waals surface area contributed by atoms with Gasteiger partial charge in [-0.05, 0) is 43.9 Å². The monoisotopic (exact) mass is 278 g/mol. The van der Waals surface area contributed by atoms with E-state index in [1.807, 2.05) is 31.2 Å². The zero-order chi connectivity index (χ0) is 15.0. The van der Waals surface area contributed by atoms with Crippen LogP contribution >= 0.6 is 0 Å². The predicted molar refractivity (Wildman–Crippen MR) is 81.8 cm³/mol. The Balaban J connectivity index is 2.50. The molecule has 0 aliphatic rings. The van der Waals surface area contributed by atoms with Crippen molar-refractivity contribution in [2.24, 2.45) is 5.73 Å². The van der Waals surface area contributed by atoms with E-state index in [0.29, 0.717) is 12.3 Å². The van der Waals surface area contributed by atoms with Crippen molar-refractivity contribution < 1.29 is 9.53 Å². The third-order valence-electron chi connectivity index (χ3n) is 3.18. The van der Waals surface area contributed by atoms with Crippen LogP contribution in [0.3, 0.4) is 0 Å². The molecule has 0 aliphatic carbocycles. The molecule has 0 heterocycles. The van der Waals surface area contributed by atoms with Crippen molar-refractivity contribution >= 4 is 5.91 Å². The first-order valence-corrected chi connectivity index (χ1v) is 7.35. The number of hydrogen-bond acceptors (Lipinski definition) is 3. The molecule has 1 aromatic rings. The van der Waals surface area contributed by atoms with Crippen molar-refractivity contribution in [1.82, 2.24) is 5.32 Å². The Hall–Kier alpha value is -1.55. The molecule has 4 nitrogen and oxygen atoms in total. The van der Waals surface area contributed by atoms with Crippen molar-refractivity contribution in [3.63, 3.8) is 0 Å². The number of nitrogens with one attached hydrogen (secondary N) is 1. The molecule has 1 amide bonds. The normalized spacial score (nSPS) is 13.6. The Morgan fingerprint density at radius 2 is 1.95 bits per heavy atom. The summed E-state index contributed by atoms with van der Waals surface area (Å²) in [6, 6.07) is 7.98. The molecule has 0 saturated carbocycles. The molecule has 112 valence electrons. The van der Waals surface area contributed by atoms with E-state index >= 15 is 0 Å². The lowest BCUT2D eigenvalue weighted by Crippen LogP contribution is -2.36. The molecule has 3 N–H and O–H groups in total. The molecule has 1 aromatic carbocycles. The Labute approximate surface area is 121 Å². The Morgan fingerprint density at radius 3 is 2.50 bits per heavy atom. The quantitative estimate of drug-likeness (QED) is 0.766. The van der Waals surface area contributed by atoms with E-state index in [1.54, 1.807) is 6.92 Å². The summed E-state index contributed by atoms with van der Waals surface area (Å²) < 4.78 is 5.62. The number of carbonyl (C=O) groups excluding carboxylic acids is 1. The zero-order valence-electron chi connectivity index (χ0n) is 12.7. The van der Waals surface area contributed by atoms with Gasteiger partial charge in [-0.25, -0.2) is 0 Å². The summed E-state index contributed by atoms with van der Waals surface area (Å²) in [6.07, 6.45) is 2.27. The standard InChI is InChI=1S/C16H26N2O2/c1-4-10-18-16(19)12(3)20-15-8-6-13(7-9-15)11-14(17)5-2/h6-9,12,14H,4-5,10-11,17H2,1-3H3,(H,18,19). The summed E-state index contributed by atoms with van der Waals surface area (Å²) in [6.45, 7) is 6.54. The van der Waals surface area contributed by atoms with Crippen molar-refractivity contribution in [3.05, 3.63) is 29.8 Å². The molecular formula is C16H26N2O2. The van der Waals surface area contributed by atoms with E-state index in [4.69, 9.17) is 10.5 Å². The fourth-order valence-electron chi connectivity index (χ4n) is 1.80. The lowest BCUT2D eigenvalue weighted by molar-refractivity contribution is -0.127. The zero-order valence-corrected chi connectivity index (χ0v) is 12.7. The lowest BCUT2D eigenvalue weighted by atomic mass is 10.0. The molecular weight excluding hydrogens is 252 g/mol. The summed E-state index contributed by atoms with van der Waals surface area (Å²) in [7, 11) is 0. The Kier molecular flexibility index (Phi) is 7.09. The molecule has 2 unspecified atom stereocenters. The average Bonchev–Trinajstić information content (AvgIpc) is 2.46. The second-order valence-corrected chi connectivity index (χ2v) is 5.07. The van der Waals surface area contributed by atoms with E-state index in [2.05, 4.69) is 12.2 Å².